The van der Waals surface area contributed by atoms with E-state index in [-0.39, 0.29) is 31.1 Å². The van der Waals surface area contributed by atoms with E-state index in [0.717, 1.165) is 75.5 Å². The zero-order valence-electron chi connectivity index (χ0n) is 44.1. The number of carbonyl (C=O) groups is 3. The minimum atomic E-state index is -0.764. The monoisotopic (exact) mass is 905 g/mol. The van der Waals surface area contributed by atoms with Gasteiger partial charge >= 0.3 is 17.9 Å². The molecule has 1 unspecified atom stereocenters. The number of rotatable bonds is 51. The van der Waals surface area contributed by atoms with Crippen molar-refractivity contribution in [1.29, 1.82) is 0 Å². The van der Waals surface area contributed by atoms with Crippen molar-refractivity contribution in [2.45, 2.75) is 324 Å². The maximum atomic E-state index is 12.8. The third-order valence-electron chi connectivity index (χ3n) is 13.5. The van der Waals surface area contributed by atoms with Crippen molar-refractivity contribution in [3.63, 3.8) is 0 Å². The van der Waals surface area contributed by atoms with Gasteiger partial charge in [-0.15, -0.1) is 0 Å². The molecule has 2 atom stereocenters. The van der Waals surface area contributed by atoms with Crippen LogP contribution < -0.4 is 0 Å². The van der Waals surface area contributed by atoms with Gasteiger partial charge in [0.05, 0.1) is 0 Å². The Bertz CT molecular complexity index is 993. The van der Waals surface area contributed by atoms with Gasteiger partial charge in [0.25, 0.3) is 0 Å². The van der Waals surface area contributed by atoms with Crippen molar-refractivity contribution >= 4 is 17.9 Å². The van der Waals surface area contributed by atoms with Crippen LogP contribution in [0.2, 0.25) is 0 Å². The van der Waals surface area contributed by atoms with Crippen molar-refractivity contribution in [3.05, 3.63) is 0 Å². The first kappa shape index (κ1) is 62.4. The van der Waals surface area contributed by atoms with Gasteiger partial charge in [-0.05, 0) is 37.0 Å². The summed E-state index contributed by atoms with van der Waals surface area (Å²) < 4.78 is 16.9. The quantitative estimate of drug-likeness (QED) is 0.0344. The lowest BCUT2D eigenvalue weighted by Crippen LogP contribution is -2.30. The SMILES string of the molecule is CCC(C)CCCCCCCCC(=O)OC[C@H](COC(=O)CCCCCCCCCCCCCCCCCCCCC(C)C)OC(=O)CCCCCCCCCCCCCCC(C)C. The molecule has 0 amide bonds. The van der Waals surface area contributed by atoms with E-state index in [9.17, 15) is 14.4 Å². The molecule has 0 aliphatic rings. The summed E-state index contributed by atoms with van der Waals surface area (Å²) in [5, 5.41) is 0. The average Bonchev–Trinajstić information content (AvgIpc) is 3.27. The van der Waals surface area contributed by atoms with Gasteiger partial charge in [-0.2, -0.15) is 0 Å². The van der Waals surface area contributed by atoms with E-state index in [1.165, 1.54) is 199 Å². The minimum Gasteiger partial charge on any atom is -0.462 e. The Morgan fingerprint density at radius 3 is 0.812 bits per heavy atom. The van der Waals surface area contributed by atoms with Gasteiger partial charge in [-0.25, -0.2) is 0 Å². The first-order chi connectivity index (χ1) is 31.1. The van der Waals surface area contributed by atoms with Gasteiger partial charge in [0.1, 0.15) is 13.2 Å². The first-order valence-corrected chi connectivity index (χ1v) is 28.6. The Morgan fingerprint density at radius 2 is 0.547 bits per heavy atom. The summed E-state index contributed by atoms with van der Waals surface area (Å²) in [5.41, 5.74) is 0. The van der Waals surface area contributed by atoms with Gasteiger partial charge in [0.2, 0.25) is 0 Å². The number of ether oxygens (including phenoxy) is 3. The molecule has 0 aliphatic heterocycles. The van der Waals surface area contributed by atoms with Crippen LogP contribution >= 0.6 is 0 Å². The molecule has 6 heteroatoms. The molecule has 6 nitrogen and oxygen atoms in total. The summed E-state index contributed by atoms with van der Waals surface area (Å²) in [4.78, 5) is 38.1. The fourth-order valence-electron chi connectivity index (χ4n) is 8.79. The van der Waals surface area contributed by atoms with Gasteiger partial charge < -0.3 is 14.2 Å². The summed E-state index contributed by atoms with van der Waals surface area (Å²) in [5.74, 6) is 1.66. The molecule has 0 aromatic rings. The second-order valence-electron chi connectivity index (χ2n) is 21.1. The van der Waals surface area contributed by atoms with E-state index in [0.29, 0.717) is 19.3 Å². The summed E-state index contributed by atoms with van der Waals surface area (Å²) in [7, 11) is 0. The Kier molecular flexibility index (Phi) is 48.1. The Balaban J connectivity index is 4.22. The van der Waals surface area contributed by atoms with Gasteiger partial charge in [0, 0.05) is 19.3 Å². The summed E-state index contributed by atoms with van der Waals surface area (Å²) in [6.07, 6.45) is 51.0. The van der Waals surface area contributed by atoms with E-state index in [1.54, 1.807) is 0 Å². The Hall–Kier alpha value is -1.59. The standard InChI is InChI=1S/C58H112O6/c1-7-54(6)46-40-34-30-31-36-42-48-57(60)63-51-55(64-58(61)49-43-37-29-25-21-17-16-19-23-27-33-39-45-53(4)5)50-62-56(59)47-41-35-28-24-20-15-13-11-9-8-10-12-14-18-22-26-32-38-44-52(2)3/h52-55H,7-51H2,1-6H3/t54?,55-/m0/s1. The number of esters is 3. The normalized spacial score (nSPS) is 12.6. The molecule has 0 saturated heterocycles. The zero-order valence-corrected chi connectivity index (χ0v) is 44.1. The van der Waals surface area contributed by atoms with Crippen LogP contribution in [0.4, 0.5) is 0 Å². The minimum absolute atomic E-state index is 0.0644. The van der Waals surface area contributed by atoms with Crippen LogP contribution in [0.15, 0.2) is 0 Å². The highest BCUT2D eigenvalue weighted by Crippen LogP contribution is 2.19. The van der Waals surface area contributed by atoms with Crippen LogP contribution in [0.25, 0.3) is 0 Å². The molecule has 0 aromatic carbocycles. The third-order valence-corrected chi connectivity index (χ3v) is 13.5. The molecule has 0 rings (SSSR count). The lowest BCUT2D eigenvalue weighted by Gasteiger charge is -2.18. The van der Waals surface area contributed by atoms with Crippen LogP contribution in [0.5, 0.6) is 0 Å². The lowest BCUT2D eigenvalue weighted by atomic mass is 10.00. The van der Waals surface area contributed by atoms with Crippen LogP contribution in [0.1, 0.15) is 318 Å². The maximum Gasteiger partial charge on any atom is 0.306 e. The molecule has 380 valence electrons. The van der Waals surface area contributed by atoms with E-state index in [2.05, 4.69) is 41.5 Å². The molecule has 0 N–H and O–H groups in total. The van der Waals surface area contributed by atoms with Crippen LogP contribution in [0.3, 0.4) is 0 Å². The van der Waals surface area contributed by atoms with Crippen LogP contribution in [-0.4, -0.2) is 37.2 Å². The topological polar surface area (TPSA) is 78.9 Å². The van der Waals surface area contributed by atoms with Gasteiger partial charge in [0.15, 0.2) is 6.10 Å². The number of hydrogen-bond donors (Lipinski definition) is 0. The molecule has 0 saturated carbocycles. The van der Waals surface area contributed by atoms with E-state index in [1.807, 2.05) is 0 Å². The first-order valence-electron chi connectivity index (χ1n) is 28.6. The van der Waals surface area contributed by atoms with Crippen LogP contribution in [-0.2, 0) is 28.6 Å². The molecule has 0 spiro atoms. The highest BCUT2D eigenvalue weighted by molar-refractivity contribution is 5.71. The number of hydrogen-bond acceptors (Lipinski definition) is 6. The average molecular weight is 906 g/mol. The third kappa shape index (κ3) is 49.8. The summed E-state index contributed by atoms with van der Waals surface area (Å²) in [6, 6.07) is 0. The number of carbonyl (C=O) groups excluding carboxylic acids is 3. The molecular weight excluding hydrogens is 793 g/mol. The van der Waals surface area contributed by atoms with E-state index >= 15 is 0 Å². The van der Waals surface area contributed by atoms with Crippen molar-refractivity contribution < 1.29 is 28.6 Å². The lowest BCUT2D eigenvalue weighted by molar-refractivity contribution is -0.167. The van der Waals surface area contributed by atoms with E-state index < -0.39 is 6.10 Å². The van der Waals surface area contributed by atoms with Crippen molar-refractivity contribution in [3.8, 4) is 0 Å². The Labute approximate surface area is 399 Å². The molecule has 0 fully saturated rings. The predicted octanol–water partition coefficient (Wildman–Crippen LogP) is 18.7. The zero-order chi connectivity index (χ0) is 47.0. The molecular formula is C58H112O6. The molecule has 0 heterocycles. The number of unbranched alkanes of at least 4 members (excludes halogenated alkanes) is 33. The highest BCUT2D eigenvalue weighted by atomic mass is 16.6. The molecule has 0 aromatic heterocycles. The van der Waals surface area contributed by atoms with Crippen LogP contribution in [0, 0.1) is 17.8 Å². The highest BCUT2D eigenvalue weighted by Gasteiger charge is 2.19. The maximum absolute atomic E-state index is 12.8. The second-order valence-corrected chi connectivity index (χ2v) is 21.1. The molecule has 0 bridgehead atoms. The second kappa shape index (κ2) is 49.3. The predicted molar refractivity (Wildman–Crippen MR) is 275 cm³/mol. The molecule has 0 radical (unpaired) electrons. The van der Waals surface area contributed by atoms with Gasteiger partial charge in [-0.1, -0.05) is 279 Å². The molecule has 0 aliphatic carbocycles. The smallest absolute Gasteiger partial charge is 0.306 e. The van der Waals surface area contributed by atoms with Crippen molar-refractivity contribution in [2.75, 3.05) is 13.2 Å². The van der Waals surface area contributed by atoms with Crippen molar-refractivity contribution in [2.24, 2.45) is 17.8 Å². The summed E-state index contributed by atoms with van der Waals surface area (Å²) >= 11 is 0. The van der Waals surface area contributed by atoms with Crippen molar-refractivity contribution in [1.82, 2.24) is 0 Å². The fourth-order valence-corrected chi connectivity index (χ4v) is 8.79. The van der Waals surface area contributed by atoms with E-state index in [4.69, 9.17) is 14.2 Å². The Morgan fingerprint density at radius 1 is 0.312 bits per heavy atom. The fraction of sp³-hybridized carbons (Fsp3) is 0.948. The summed E-state index contributed by atoms with van der Waals surface area (Å²) in [6.45, 7) is 13.7. The largest absolute Gasteiger partial charge is 0.462 e. The molecule has 64 heavy (non-hydrogen) atoms. The van der Waals surface area contributed by atoms with Gasteiger partial charge in [-0.3, -0.25) is 14.4 Å².